The summed E-state index contributed by atoms with van der Waals surface area (Å²) in [6, 6.07) is 24.9. The average Bonchev–Trinajstić information content (AvgIpc) is 2.97. The summed E-state index contributed by atoms with van der Waals surface area (Å²) in [5.41, 5.74) is 4.03. The van der Waals surface area contributed by atoms with Crippen molar-refractivity contribution in [2.24, 2.45) is 5.92 Å². The molecule has 0 saturated carbocycles. The van der Waals surface area contributed by atoms with Crippen molar-refractivity contribution >= 4 is 11.6 Å². The number of nitrogens with zero attached hydrogens (tertiary/aromatic N) is 1. The Kier molecular flexibility index (Phi) is 7.61. The van der Waals surface area contributed by atoms with Crippen molar-refractivity contribution in [3.8, 4) is 22.6 Å². The Morgan fingerprint density at radius 2 is 1.36 bits per heavy atom. The number of halogens is 2. The van der Waals surface area contributed by atoms with Gasteiger partial charge in [0.1, 0.15) is 23.1 Å². The molecule has 1 aliphatic rings. The topological polar surface area (TPSA) is 59.0 Å². The lowest BCUT2D eigenvalue weighted by Gasteiger charge is -2.48. The summed E-state index contributed by atoms with van der Waals surface area (Å²) in [5.74, 6) is 0.166. The number of hydrogen-bond acceptors (Lipinski definition) is 4. The minimum Gasteiger partial charge on any atom is -0.497 e. The van der Waals surface area contributed by atoms with E-state index in [-0.39, 0.29) is 29.5 Å². The van der Waals surface area contributed by atoms with Crippen LogP contribution in [0.4, 0.5) is 14.5 Å². The molecule has 1 saturated heterocycles. The van der Waals surface area contributed by atoms with Crippen LogP contribution in [0.3, 0.4) is 0 Å². The van der Waals surface area contributed by atoms with Gasteiger partial charge in [-0.3, -0.25) is 4.79 Å². The molecule has 4 aromatic rings. The van der Waals surface area contributed by atoms with Crippen molar-refractivity contribution in [2.75, 3.05) is 19.1 Å². The molecule has 0 bridgehead atoms. The number of rotatable bonds is 9. The van der Waals surface area contributed by atoms with E-state index < -0.39 is 6.10 Å². The number of ether oxygens (including phenoxy) is 2. The number of carbonyl (C=O) groups excluding carboxylic acids is 1. The van der Waals surface area contributed by atoms with Gasteiger partial charge in [-0.25, -0.2) is 8.78 Å². The van der Waals surface area contributed by atoms with E-state index in [0.717, 1.165) is 16.7 Å². The minimum absolute atomic E-state index is 0.0838. The molecule has 7 heteroatoms. The third-order valence-corrected chi connectivity index (χ3v) is 7.26. The molecule has 1 aliphatic heterocycles. The molecular weight excluding hydrogens is 500 g/mol. The van der Waals surface area contributed by atoms with Crippen LogP contribution in [0.2, 0.25) is 0 Å². The zero-order valence-electron chi connectivity index (χ0n) is 21.7. The van der Waals surface area contributed by atoms with Crippen molar-refractivity contribution < 1.29 is 28.2 Å². The minimum atomic E-state index is -0.815. The average molecular weight is 530 g/mol. The quantitative estimate of drug-likeness (QED) is 0.241. The zero-order chi connectivity index (χ0) is 27.5. The SMILES string of the molecule is COc1cc(OC)cc(-c2ccc([C@@H]3[C@@H](CC[C@H](O)c4ccc(F)cc4)C(=O)N3c3ccc(F)cc3)cc2)c1. The fourth-order valence-electron chi connectivity index (χ4n) is 5.14. The summed E-state index contributed by atoms with van der Waals surface area (Å²) in [6.45, 7) is 0. The van der Waals surface area contributed by atoms with Crippen LogP contribution < -0.4 is 14.4 Å². The standard InChI is InChI=1S/C32H29F2NO4/c1-38-27-17-23(18-28(19-27)39-2)20-3-5-22(6-4-20)31-29(15-16-30(36)21-7-9-24(33)10-8-21)32(37)35(31)26-13-11-25(34)12-14-26/h3-14,17-19,29-31,36H,15-16H2,1-2H3/t29-,30+,31-/m1/s1. The second-order valence-corrected chi connectivity index (χ2v) is 9.60. The summed E-state index contributed by atoms with van der Waals surface area (Å²) >= 11 is 0. The van der Waals surface area contributed by atoms with Gasteiger partial charge in [0.25, 0.3) is 0 Å². The maximum absolute atomic E-state index is 13.6. The summed E-state index contributed by atoms with van der Waals surface area (Å²) in [6.07, 6.45) is -0.0316. The Hall–Kier alpha value is -4.23. The van der Waals surface area contributed by atoms with Crippen LogP contribution in [-0.2, 0) is 4.79 Å². The highest BCUT2D eigenvalue weighted by atomic mass is 19.1. The van der Waals surface area contributed by atoms with Gasteiger partial charge in [0, 0.05) is 11.8 Å². The second kappa shape index (κ2) is 11.3. The van der Waals surface area contributed by atoms with Gasteiger partial charge in [0.15, 0.2) is 0 Å². The third-order valence-electron chi connectivity index (χ3n) is 7.26. The van der Waals surface area contributed by atoms with Crippen molar-refractivity contribution in [1.29, 1.82) is 0 Å². The molecule has 0 spiro atoms. The molecule has 1 amide bonds. The molecule has 0 unspecified atom stereocenters. The fraction of sp³-hybridized carbons (Fsp3) is 0.219. The van der Waals surface area contributed by atoms with E-state index in [2.05, 4.69) is 0 Å². The second-order valence-electron chi connectivity index (χ2n) is 9.60. The van der Waals surface area contributed by atoms with E-state index in [1.54, 1.807) is 43.4 Å². The van der Waals surface area contributed by atoms with Crippen LogP contribution >= 0.6 is 0 Å². The molecule has 5 nitrogen and oxygen atoms in total. The summed E-state index contributed by atoms with van der Waals surface area (Å²) in [7, 11) is 3.21. The van der Waals surface area contributed by atoms with Gasteiger partial charge in [-0.1, -0.05) is 36.4 Å². The monoisotopic (exact) mass is 529 g/mol. The molecule has 5 rings (SSSR count). The predicted octanol–water partition coefficient (Wildman–Crippen LogP) is 6.87. The smallest absolute Gasteiger partial charge is 0.233 e. The van der Waals surface area contributed by atoms with E-state index in [0.29, 0.717) is 35.6 Å². The number of β-lactam (4-membered cyclic amide) rings is 1. The zero-order valence-corrected chi connectivity index (χ0v) is 21.7. The van der Waals surface area contributed by atoms with Gasteiger partial charge in [0.05, 0.1) is 32.3 Å². The number of carbonyl (C=O) groups is 1. The van der Waals surface area contributed by atoms with Gasteiger partial charge in [-0.15, -0.1) is 0 Å². The number of amides is 1. The van der Waals surface area contributed by atoms with Crippen molar-refractivity contribution in [3.05, 3.63) is 114 Å². The van der Waals surface area contributed by atoms with Crippen LogP contribution in [0, 0.1) is 17.6 Å². The van der Waals surface area contributed by atoms with Crippen LogP contribution in [0.15, 0.2) is 91.0 Å². The van der Waals surface area contributed by atoms with Gasteiger partial charge >= 0.3 is 0 Å². The van der Waals surface area contributed by atoms with Gasteiger partial charge in [0.2, 0.25) is 5.91 Å². The highest BCUT2D eigenvalue weighted by Gasteiger charge is 2.48. The molecule has 200 valence electrons. The maximum atomic E-state index is 13.6. The molecular formula is C32H29F2NO4. The van der Waals surface area contributed by atoms with Crippen molar-refractivity contribution in [3.63, 3.8) is 0 Å². The molecule has 0 aromatic heterocycles. The molecule has 39 heavy (non-hydrogen) atoms. The maximum Gasteiger partial charge on any atom is 0.233 e. The lowest BCUT2D eigenvalue weighted by molar-refractivity contribution is -0.131. The number of methoxy groups -OCH3 is 2. The first kappa shape index (κ1) is 26.4. The number of hydrogen-bond donors (Lipinski definition) is 1. The number of anilines is 1. The van der Waals surface area contributed by atoms with Crippen LogP contribution in [-0.4, -0.2) is 25.2 Å². The predicted molar refractivity (Wildman–Crippen MR) is 146 cm³/mol. The van der Waals surface area contributed by atoms with E-state index in [4.69, 9.17) is 9.47 Å². The normalized spacial score (nSPS) is 17.5. The van der Waals surface area contributed by atoms with Crippen molar-refractivity contribution in [1.82, 2.24) is 0 Å². The van der Waals surface area contributed by atoms with Crippen LogP contribution in [0.5, 0.6) is 11.5 Å². The van der Waals surface area contributed by atoms with E-state index in [1.165, 1.54) is 24.3 Å². The molecule has 0 aliphatic carbocycles. The Morgan fingerprint density at radius 1 is 0.795 bits per heavy atom. The van der Waals surface area contributed by atoms with Crippen LogP contribution in [0.25, 0.3) is 11.1 Å². The first-order chi connectivity index (χ1) is 18.9. The summed E-state index contributed by atoms with van der Waals surface area (Å²) < 4.78 is 37.7. The fourth-order valence-corrected chi connectivity index (χ4v) is 5.14. The lowest BCUT2D eigenvalue weighted by atomic mass is 9.78. The largest absolute Gasteiger partial charge is 0.497 e. The third kappa shape index (κ3) is 5.49. The molecule has 3 atom stereocenters. The van der Waals surface area contributed by atoms with E-state index >= 15 is 0 Å². The first-order valence-corrected chi connectivity index (χ1v) is 12.7. The number of aliphatic hydroxyl groups excluding tert-OH is 1. The van der Waals surface area contributed by atoms with Crippen LogP contribution in [0.1, 0.15) is 36.1 Å². The van der Waals surface area contributed by atoms with Crippen molar-refractivity contribution in [2.45, 2.75) is 25.0 Å². The molecule has 1 heterocycles. The molecule has 0 radical (unpaired) electrons. The highest BCUT2D eigenvalue weighted by molar-refractivity contribution is 6.03. The molecule has 1 N–H and O–H groups in total. The Balaban J connectivity index is 1.41. The molecule has 4 aromatic carbocycles. The lowest BCUT2D eigenvalue weighted by Crippen LogP contribution is -2.55. The van der Waals surface area contributed by atoms with E-state index in [9.17, 15) is 18.7 Å². The van der Waals surface area contributed by atoms with Gasteiger partial charge in [-0.2, -0.15) is 0 Å². The van der Waals surface area contributed by atoms with Gasteiger partial charge in [-0.05, 0) is 83.6 Å². The Morgan fingerprint density at radius 3 is 1.92 bits per heavy atom. The number of benzene rings is 4. The Bertz CT molecular complexity index is 1420. The van der Waals surface area contributed by atoms with Gasteiger partial charge < -0.3 is 19.5 Å². The summed E-state index contributed by atoms with van der Waals surface area (Å²) in [4.78, 5) is 15.0. The first-order valence-electron chi connectivity index (χ1n) is 12.7. The highest BCUT2D eigenvalue weighted by Crippen LogP contribution is 2.46. The molecule has 1 fully saturated rings. The summed E-state index contributed by atoms with van der Waals surface area (Å²) in [5, 5.41) is 10.7. The Labute approximate surface area is 226 Å². The van der Waals surface area contributed by atoms with E-state index in [1.807, 2.05) is 42.5 Å². The number of aliphatic hydroxyl groups is 1.